The molecular formula is C20H33N3O2. The second-order valence-electron chi connectivity index (χ2n) is 7.56. The number of amides is 1. The van der Waals surface area contributed by atoms with Gasteiger partial charge in [-0.1, -0.05) is 27.2 Å². The quantitative estimate of drug-likeness (QED) is 0.698. The fourth-order valence-corrected chi connectivity index (χ4v) is 3.46. The number of hydrogen-bond acceptors (Lipinski definition) is 4. The fraction of sp³-hybridized carbons (Fsp3) is 0.700. The Morgan fingerprint density at radius 3 is 2.96 bits per heavy atom. The highest BCUT2D eigenvalue weighted by molar-refractivity contribution is 5.79. The average molecular weight is 348 g/mol. The summed E-state index contributed by atoms with van der Waals surface area (Å²) in [6, 6.07) is 3.81. The third-order valence-electron chi connectivity index (χ3n) is 4.56. The molecule has 1 fully saturated rings. The van der Waals surface area contributed by atoms with Crippen LogP contribution in [0.3, 0.4) is 0 Å². The van der Waals surface area contributed by atoms with Crippen LogP contribution in [0.4, 0.5) is 0 Å². The van der Waals surface area contributed by atoms with Crippen LogP contribution in [0.2, 0.25) is 0 Å². The van der Waals surface area contributed by atoms with E-state index in [0.29, 0.717) is 18.4 Å². The molecule has 1 saturated heterocycles. The molecule has 0 bridgehead atoms. The number of carbonyl (C=O) groups excluding carboxylic acids is 1. The van der Waals surface area contributed by atoms with E-state index in [1.165, 1.54) is 0 Å². The van der Waals surface area contributed by atoms with Crippen molar-refractivity contribution in [3.8, 4) is 5.75 Å². The molecule has 0 spiro atoms. The third kappa shape index (κ3) is 7.02. The van der Waals surface area contributed by atoms with E-state index in [1.807, 2.05) is 12.1 Å². The Hall–Kier alpha value is -1.62. The summed E-state index contributed by atoms with van der Waals surface area (Å²) in [6.07, 6.45) is 6.53. The van der Waals surface area contributed by atoms with Crippen LogP contribution < -0.4 is 10.1 Å². The van der Waals surface area contributed by atoms with Crippen molar-refractivity contribution in [1.29, 1.82) is 0 Å². The number of rotatable bonds is 9. The first kappa shape index (κ1) is 19.7. The largest absolute Gasteiger partial charge is 0.492 e. The van der Waals surface area contributed by atoms with Crippen molar-refractivity contribution in [2.45, 2.75) is 40.0 Å². The molecule has 140 valence electrons. The molecule has 0 radical (unpaired) electrons. The van der Waals surface area contributed by atoms with Gasteiger partial charge in [0, 0.05) is 38.3 Å². The summed E-state index contributed by atoms with van der Waals surface area (Å²) in [6.45, 7) is 10.9. The van der Waals surface area contributed by atoms with Crippen LogP contribution in [0.15, 0.2) is 24.5 Å². The second-order valence-corrected chi connectivity index (χ2v) is 7.56. The van der Waals surface area contributed by atoms with Gasteiger partial charge in [0.25, 0.3) is 0 Å². The Balaban J connectivity index is 1.91. The SMILES string of the molecule is CCCCNC(=O)[C@@H]1C[C@H](COc2cccnc2)CN(CC(C)C)C1. The molecule has 1 aliphatic heterocycles. The maximum atomic E-state index is 12.5. The van der Waals surface area contributed by atoms with Gasteiger partial charge in [-0.25, -0.2) is 0 Å². The summed E-state index contributed by atoms with van der Waals surface area (Å²) in [5.41, 5.74) is 0. The number of ether oxygens (including phenoxy) is 1. The Morgan fingerprint density at radius 2 is 2.28 bits per heavy atom. The van der Waals surface area contributed by atoms with Crippen molar-refractivity contribution < 1.29 is 9.53 Å². The summed E-state index contributed by atoms with van der Waals surface area (Å²) in [5.74, 6) is 2.03. The van der Waals surface area contributed by atoms with E-state index in [-0.39, 0.29) is 11.8 Å². The Bertz CT molecular complexity index is 507. The standard InChI is InChI=1S/C20H33N3O2/c1-4-5-9-22-20(24)18-10-17(13-23(14-18)12-16(2)3)15-25-19-7-6-8-21-11-19/h6-8,11,16-18H,4-5,9-10,12-15H2,1-3H3,(H,22,24)/t17-,18+/m0/s1. The predicted octanol–water partition coefficient (Wildman–Crippen LogP) is 2.97. The maximum Gasteiger partial charge on any atom is 0.224 e. The van der Waals surface area contributed by atoms with Crippen LogP contribution >= 0.6 is 0 Å². The first-order valence-electron chi connectivity index (χ1n) is 9.61. The van der Waals surface area contributed by atoms with Crippen LogP contribution in [0.25, 0.3) is 0 Å². The maximum absolute atomic E-state index is 12.5. The van der Waals surface area contributed by atoms with Gasteiger partial charge in [0.1, 0.15) is 5.75 Å². The van der Waals surface area contributed by atoms with Gasteiger partial charge < -0.3 is 15.0 Å². The van der Waals surface area contributed by atoms with Crippen molar-refractivity contribution in [3.05, 3.63) is 24.5 Å². The summed E-state index contributed by atoms with van der Waals surface area (Å²) in [5, 5.41) is 3.11. The molecule has 0 aromatic carbocycles. The molecule has 5 heteroatoms. The van der Waals surface area contributed by atoms with E-state index >= 15 is 0 Å². The van der Waals surface area contributed by atoms with Crippen LogP contribution in [0, 0.1) is 17.8 Å². The van der Waals surface area contributed by atoms with Gasteiger partial charge in [-0.15, -0.1) is 0 Å². The smallest absolute Gasteiger partial charge is 0.224 e. The lowest BCUT2D eigenvalue weighted by molar-refractivity contribution is -0.127. The number of piperidine rings is 1. The van der Waals surface area contributed by atoms with Gasteiger partial charge in [-0.3, -0.25) is 9.78 Å². The molecule has 0 aliphatic carbocycles. The molecule has 1 aromatic rings. The van der Waals surface area contributed by atoms with Crippen molar-refractivity contribution >= 4 is 5.91 Å². The molecule has 2 rings (SSSR count). The van der Waals surface area contributed by atoms with E-state index in [2.05, 4.69) is 36.0 Å². The van der Waals surface area contributed by atoms with Gasteiger partial charge in [0.15, 0.2) is 0 Å². The number of unbranched alkanes of at least 4 members (excludes halogenated alkanes) is 1. The van der Waals surface area contributed by atoms with Crippen molar-refractivity contribution in [2.75, 3.05) is 32.8 Å². The second kappa shape index (κ2) is 10.4. The molecular weight excluding hydrogens is 314 g/mol. The summed E-state index contributed by atoms with van der Waals surface area (Å²) in [4.78, 5) is 19.0. The summed E-state index contributed by atoms with van der Waals surface area (Å²) in [7, 11) is 0. The number of carbonyl (C=O) groups is 1. The number of hydrogen-bond donors (Lipinski definition) is 1. The number of nitrogens with zero attached hydrogens (tertiary/aromatic N) is 2. The van der Waals surface area contributed by atoms with Gasteiger partial charge in [0.2, 0.25) is 5.91 Å². The molecule has 5 nitrogen and oxygen atoms in total. The van der Waals surface area contributed by atoms with Crippen LogP contribution in [0.5, 0.6) is 5.75 Å². The Morgan fingerprint density at radius 1 is 1.44 bits per heavy atom. The molecule has 1 amide bonds. The first-order chi connectivity index (χ1) is 12.1. The van der Waals surface area contributed by atoms with Gasteiger partial charge >= 0.3 is 0 Å². The highest BCUT2D eigenvalue weighted by Crippen LogP contribution is 2.24. The monoisotopic (exact) mass is 347 g/mol. The Labute approximate surface area is 152 Å². The van der Waals surface area contributed by atoms with Gasteiger partial charge in [0.05, 0.1) is 18.7 Å². The molecule has 2 heterocycles. The number of aromatic nitrogens is 1. The van der Waals surface area contributed by atoms with E-state index in [1.54, 1.807) is 12.4 Å². The minimum Gasteiger partial charge on any atom is -0.492 e. The topological polar surface area (TPSA) is 54.5 Å². The summed E-state index contributed by atoms with van der Waals surface area (Å²) < 4.78 is 5.90. The number of nitrogens with one attached hydrogen (secondary N) is 1. The van der Waals surface area contributed by atoms with Crippen LogP contribution in [0.1, 0.15) is 40.0 Å². The zero-order valence-electron chi connectivity index (χ0n) is 15.9. The predicted molar refractivity (Wildman–Crippen MR) is 101 cm³/mol. The normalized spacial score (nSPS) is 21.3. The van der Waals surface area contributed by atoms with Crippen LogP contribution in [-0.4, -0.2) is 48.6 Å². The first-order valence-corrected chi connectivity index (χ1v) is 9.61. The zero-order valence-corrected chi connectivity index (χ0v) is 15.9. The highest BCUT2D eigenvalue weighted by Gasteiger charge is 2.32. The fourth-order valence-electron chi connectivity index (χ4n) is 3.46. The molecule has 2 atom stereocenters. The number of pyridine rings is 1. The molecule has 0 unspecified atom stereocenters. The lowest BCUT2D eigenvalue weighted by Gasteiger charge is -2.37. The van der Waals surface area contributed by atoms with Crippen molar-refractivity contribution in [3.63, 3.8) is 0 Å². The Kier molecular flexibility index (Phi) is 8.19. The average Bonchev–Trinajstić information content (AvgIpc) is 2.60. The van der Waals surface area contributed by atoms with E-state index in [4.69, 9.17) is 4.74 Å². The van der Waals surface area contributed by atoms with Gasteiger partial charge in [-0.05, 0) is 30.9 Å². The minimum atomic E-state index is 0.0619. The minimum absolute atomic E-state index is 0.0619. The molecule has 0 saturated carbocycles. The van der Waals surface area contributed by atoms with E-state index in [0.717, 1.165) is 51.2 Å². The van der Waals surface area contributed by atoms with E-state index < -0.39 is 0 Å². The lowest BCUT2D eigenvalue weighted by atomic mass is 9.88. The molecule has 1 aromatic heterocycles. The molecule has 1 aliphatic rings. The lowest BCUT2D eigenvalue weighted by Crippen LogP contribution is -2.48. The third-order valence-corrected chi connectivity index (χ3v) is 4.56. The van der Waals surface area contributed by atoms with E-state index in [9.17, 15) is 4.79 Å². The van der Waals surface area contributed by atoms with Crippen LogP contribution in [-0.2, 0) is 4.79 Å². The van der Waals surface area contributed by atoms with Crippen molar-refractivity contribution in [1.82, 2.24) is 15.2 Å². The summed E-state index contributed by atoms with van der Waals surface area (Å²) >= 11 is 0. The van der Waals surface area contributed by atoms with Crippen molar-refractivity contribution in [2.24, 2.45) is 17.8 Å². The van der Waals surface area contributed by atoms with Gasteiger partial charge in [-0.2, -0.15) is 0 Å². The number of likely N-dealkylation sites (tertiary alicyclic amines) is 1. The highest BCUT2D eigenvalue weighted by atomic mass is 16.5. The molecule has 1 N–H and O–H groups in total. The molecule has 25 heavy (non-hydrogen) atoms. The zero-order chi connectivity index (χ0) is 18.1.